The highest BCUT2D eigenvalue weighted by Crippen LogP contribution is 2.28. The van der Waals surface area contributed by atoms with Crippen LogP contribution in [-0.4, -0.2) is 54.6 Å². The number of nitrogens with zero attached hydrogens (tertiary/aromatic N) is 2. The Bertz CT molecular complexity index is 943. The molecular formula is C19H19N3O6S. The zero-order chi connectivity index (χ0) is 21.6. The zero-order valence-corrected chi connectivity index (χ0v) is 16.8. The SMILES string of the molecule is CSc1ccc(C(=O)OCC(=O)Nc2ccc(C(=O)N(C)C)cc2)cc1[N+](=O)[O-]. The van der Waals surface area contributed by atoms with Crippen molar-refractivity contribution in [3.05, 3.63) is 63.7 Å². The Labute approximate surface area is 171 Å². The number of benzene rings is 2. The van der Waals surface area contributed by atoms with Crippen LogP contribution in [-0.2, 0) is 9.53 Å². The van der Waals surface area contributed by atoms with Crippen molar-refractivity contribution in [2.75, 3.05) is 32.3 Å². The zero-order valence-electron chi connectivity index (χ0n) is 16.0. The molecule has 0 saturated carbocycles. The van der Waals surface area contributed by atoms with Crippen LogP contribution in [0.3, 0.4) is 0 Å². The fourth-order valence-corrected chi connectivity index (χ4v) is 2.87. The monoisotopic (exact) mass is 417 g/mol. The minimum atomic E-state index is -0.845. The molecule has 2 amide bonds. The maximum atomic E-state index is 12.1. The molecule has 10 heteroatoms. The number of anilines is 1. The van der Waals surface area contributed by atoms with E-state index in [0.717, 1.165) is 6.07 Å². The van der Waals surface area contributed by atoms with E-state index >= 15 is 0 Å². The Kier molecular flexibility index (Phi) is 7.32. The molecule has 0 aliphatic heterocycles. The molecular weight excluding hydrogens is 398 g/mol. The smallest absolute Gasteiger partial charge is 0.338 e. The summed E-state index contributed by atoms with van der Waals surface area (Å²) in [5, 5.41) is 13.6. The molecule has 1 N–H and O–H groups in total. The second-order valence-corrected chi connectivity index (χ2v) is 6.89. The van der Waals surface area contributed by atoms with Gasteiger partial charge >= 0.3 is 5.97 Å². The number of carbonyl (C=O) groups excluding carboxylic acids is 3. The first kappa shape index (κ1) is 21.9. The topological polar surface area (TPSA) is 119 Å². The van der Waals surface area contributed by atoms with Crippen LogP contribution >= 0.6 is 11.8 Å². The standard InChI is InChI=1S/C19H19N3O6S/c1-21(2)18(24)12-4-7-14(8-5-12)20-17(23)11-28-19(25)13-6-9-16(29-3)15(10-13)22(26)27/h4-10H,11H2,1-3H3,(H,20,23). The van der Waals surface area contributed by atoms with Gasteiger partial charge in [0.2, 0.25) is 0 Å². The third kappa shape index (κ3) is 5.79. The minimum Gasteiger partial charge on any atom is -0.452 e. The van der Waals surface area contributed by atoms with Crippen LogP contribution in [0.2, 0.25) is 0 Å². The van der Waals surface area contributed by atoms with Gasteiger partial charge in [-0.3, -0.25) is 19.7 Å². The van der Waals surface area contributed by atoms with Crippen LogP contribution in [0.5, 0.6) is 0 Å². The second kappa shape index (κ2) is 9.69. The molecule has 0 aliphatic rings. The average molecular weight is 417 g/mol. The Balaban J connectivity index is 1.95. The molecule has 2 rings (SSSR count). The van der Waals surface area contributed by atoms with Crippen LogP contribution < -0.4 is 5.32 Å². The molecule has 2 aromatic carbocycles. The third-order valence-electron chi connectivity index (χ3n) is 3.77. The average Bonchev–Trinajstić information content (AvgIpc) is 2.71. The van der Waals surface area contributed by atoms with E-state index in [1.165, 1.54) is 28.8 Å². The molecule has 0 saturated heterocycles. The Morgan fingerprint density at radius 2 is 1.72 bits per heavy atom. The van der Waals surface area contributed by atoms with Gasteiger partial charge in [-0.2, -0.15) is 0 Å². The summed E-state index contributed by atoms with van der Waals surface area (Å²) >= 11 is 1.19. The lowest BCUT2D eigenvalue weighted by molar-refractivity contribution is -0.387. The van der Waals surface area contributed by atoms with E-state index in [-0.39, 0.29) is 17.2 Å². The van der Waals surface area contributed by atoms with E-state index in [0.29, 0.717) is 16.1 Å². The first-order chi connectivity index (χ1) is 13.7. The minimum absolute atomic E-state index is 0.0196. The lowest BCUT2D eigenvalue weighted by atomic mass is 10.2. The summed E-state index contributed by atoms with van der Waals surface area (Å²) < 4.78 is 4.92. The quantitative estimate of drug-likeness (QED) is 0.318. The predicted octanol–water partition coefficient (Wildman–Crippen LogP) is 2.81. The number of rotatable bonds is 7. The van der Waals surface area contributed by atoms with Crippen molar-refractivity contribution in [1.82, 2.24) is 4.90 Å². The number of thioether (sulfide) groups is 1. The van der Waals surface area contributed by atoms with Crippen LogP contribution in [0.1, 0.15) is 20.7 Å². The lowest BCUT2D eigenvalue weighted by Crippen LogP contribution is -2.22. The maximum absolute atomic E-state index is 12.1. The van der Waals surface area contributed by atoms with Crippen LogP contribution in [0.25, 0.3) is 0 Å². The molecule has 0 aromatic heterocycles. The van der Waals surface area contributed by atoms with Crippen molar-refractivity contribution in [3.8, 4) is 0 Å². The molecule has 29 heavy (non-hydrogen) atoms. The fourth-order valence-electron chi connectivity index (χ4n) is 2.33. The molecule has 9 nitrogen and oxygen atoms in total. The van der Waals surface area contributed by atoms with E-state index < -0.39 is 23.4 Å². The molecule has 0 aliphatic carbocycles. The molecule has 0 heterocycles. The van der Waals surface area contributed by atoms with Gasteiger partial charge in [-0.25, -0.2) is 4.79 Å². The Hall–Kier alpha value is -3.40. The summed E-state index contributed by atoms with van der Waals surface area (Å²) in [6, 6.07) is 10.2. The van der Waals surface area contributed by atoms with Gasteiger partial charge in [-0.05, 0) is 42.7 Å². The van der Waals surface area contributed by atoms with Crippen molar-refractivity contribution in [3.63, 3.8) is 0 Å². The van der Waals surface area contributed by atoms with E-state index in [1.54, 1.807) is 44.6 Å². The maximum Gasteiger partial charge on any atom is 0.338 e. The van der Waals surface area contributed by atoms with Crippen LogP contribution in [0, 0.1) is 10.1 Å². The summed E-state index contributed by atoms with van der Waals surface area (Å²) in [5.74, 6) is -1.60. The fraction of sp³-hybridized carbons (Fsp3) is 0.211. The number of nitro benzene ring substituents is 1. The first-order valence-corrected chi connectivity index (χ1v) is 9.56. The van der Waals surface area contributed by atoms with Crippen molar-refractivity contribution >= 4 is 40.9 Å². The summed E-state index contributed by atoms with van der Waals surface area (Å²) in [5.41, 5.74) is 0.675. The second-order valence-electron chi connectivity index (χ2n) is 6.04. The number of ether oxygens (including phenoxy) is 1. The first-order valence-electron chi connectivity index (χ1n) is 8.34. The molecule has 152 valence electrons. The highest BCUT2D eigenvalue weighted by Gasteiger charge is 2.18. The highest BCUT2D eigenvalue weighted by atomic mass is 32.2. The predicted molar refractivity (Wildman–Crippen MR) is 108 cm³/mol. The van der Waals surface area contributed by atoms with Gasteiger partial charge in [-0.15, -0.1) is 11.8 Å². The summed E-state index contributed by atoms with van der Waals surface area (Å²) in [6.45, 7) is -0.560. The normalized spacial score (nSPS) is 10.2. The number of nitrogens with one attached hydrogen (secondary N) is 1. The molecule has 0 unspecified atom stereocenters. The number of hydrogen-bond acceptors (Lipinski definition) is 7. The van der Waals surface area contributed by atoms with Gasteiger partial charge in [0.05, 0.1) is 15.4 Å². The van der Waals surface area contributed by atoms with Crippen LogP contribution in [0.4, 0.5) is 11.4 Å². The Morgan fingerprint density at radius 1 is 1.10 bits per heavy atom. The third-order valence-corrected chi connectivity index (χ3v) is 4.55. The summed E-state index contributed by atoms with van der Waals surface area (Å²) in [7, 11) is 3.27. The number of hydrogen-bond donors (Lipinski definition) is 1. The lowest BCUT2D eigenvalue weighted by Gasteiger charge is -2.11. The summed E-state index contributed by atoms with van der Waals surface area (Å²) in [4.78, 5) is 48.2. The molecule has 2 aromatic rings. The van der Waals surface area contributed by atoms with Crippen molar-refractivity contribution < 1.29 is 24.0 Å². The van der Waals surface area contributed by atoms with Crippen LogP contribution in [0.15, 0.2) is 47.4 Å². The summed E-state index contributed by atoms with van der Waals surface area (Å²) in [6.07, 6.45) is 1.69. The number of carbonyl (C=O) groups is 3. The number of nitro groups is 1. The highest BCUT2D eigenvalue weighted by molar-refractivity contribution is 7.98. The van der Waals surface area contributed by atoms with E-state index in [9.17, 15) is 24.5 Å². The molecule has 0 radical (unpaired) electrons. The van der Waals surface area contributed by atoms with Gasteiger partial charge < -0.3 is 15.0 Å². The van der Waals surface area contributed by atoms with Crippen molar-refractivity contribution in [1.29, 1.82) is 0 Å². The van der Waals surface area contributed by atoms with Gasteiger partial charge in [-0.1, -0.05) is 0 Å². The van der Waals surface area contributed by atoms with Gasteiger partial charge in [0.15, 0.2) is 6.61 Å². The Morgan fingerprint density at radius 3 is 2.28 bits per heavy atom. The largest absolute Gasteiger partial charge is 0.452 e. The molecule has 0 bridgehead atoms. The molecule has 0 spiro atoms. The van der Waals surface area contributed by atoms with E-state index in [1.807, 2.05) is 0 Å². The van der Waals surface area contributed by atoms with Gasteiger partial charge in [0.25, 0.3) is 17.5 Å². The van der Waals surface area contributed by atoms with E-state index in [2.05, 4.69) is 5.32 Å². The molecule has 0 fully saturated rings. The van der Waals surface area contributed by atoms with Gasteiger partial charge in [0, 0.05) is 31.4 Å². The van der Waals surface area contributed by atoms with Crippen molar-refractivity contribution in [2.24, 2.45) is 0 Å². The van der Waals surface area contributed by atoms with E-state index in [4.69, 9.17) is 4.74 Å². The van der Waals surface area contributed by atoms with Crippen molar-refractivity contribution in [2.45, 2.75) is 4.90 Å². The number of esters is 1. The molecule has 0 atom stereocenters. The van der Waals surface area contributed by atoms with Gasteiger partial charge in [0.1, 0.15) is 0 Å². The number of amides is 2.